The second-order valence-corrected chi connectivity index (χ2v) is 9.65. The summed E-state index contributed by atoms with van der Waals surface area (Å²) in [5.74, 6) is 0.0543. The van der Waals surface area contributed by atoms with Gasteiger partial charge in [-0.2, -0.15) is 0 Å². The van der Waals surface area contributed by atoms with E-state index in [9.17, 15) is 18.8 Å². The third kappa shape index (κ3) is 5.23. The summed E-state index contributed by atoms with van der Waals surface area (Å²) in [5, 5.41) is 6.04. The second-order valence-electron chi connectivity index (χ2n) is 7.60. The fourth-order valence-electron chi connectivity index (χ4n) is 3.46. The number of aryl methyl sites for hydroxylation is 1. The number of halogens is 1. The average molecular weight is 500 g/mol. The van der Waals surface area contributed by atoms with Gasteiger partial charge in [-0.25, -0.2) is 4.39 Å². The lowest BCUT2D eigenvalue weighted by atomic mass is 10.2. The number of nitrogens with one attached hydrogen (secondary N) is 2. The van der Waals surface area contributed by atoms with Crippen LogP contribution < -0.4 is 15.4 Å². The van der Waals surface area contributed by atoms with Crippen molar-refractivity contribution in [3.05, 3.63) is 76.4 Å². The van der Waals surface area contributed by atoms with Crippen molar-refractivity contribution in [2.24, 2.45) is 0 Å². The number of methoxy groups -OCH3 is 1. The van der Waals surface area contributed by atoms with Crippen LogP contribution in [0.2, 0.25) is 0 Å². The molecule has 2 aromatic carbocycles. The first-order valence-electron chi connectivity index (χ1n) is 10.4. The summed E-state index contributed by atoms with van der Waals surface area (Å²) in [6, 6.07) is 13.4. The molecular formula is C24H22FN3O4S2. The van der Waals surface area contributed by atoms with Crippen molar-refractivity contribution < 1.29 is 23.5 Å². The molecule has 1 aromatic heterocycles. The Morgan fingerprint density at radius 3 is 2.56 bits per heavy atom. The van der Waals surface area contributed by atoms with Crippen LogP contribution >= 0.6 is 23.1 Å². The van der Waals surface area contributed by atoms with E-state index in [-0.39, 0.29) is 17.4 Å². The molecule has 0 aliphatic carbocycles. The van der Waals surface area contributed by atoms with Crippen LogP contribution in [0.25, 0.3) is 0 Å². The minimum Gasteiger partial charge on any atom is -0.497 e. The summed E-state index contributed by atoms with van der Waals surface area (Å²) in [6.45, 7) is 1.78. The van der Waals surface area contributed by atoms with Gasteiger partial charge in [0.15, 0.2) is 0 Å². The first-order valence-corrected chi connectivity index (χ1v) is 12.3. The van der Waals surface area contributed by atoms with Gasteiger partial charge in [-0.3, -0.25) is 14.4 Å². The summed E-state index contributed by atoms with van der Waals surface area (Å²) in [5.41, 5.74) is 1.49. The Hall–Kier alpha value is -3.37. The number of carbonyl (C=O) groups excluding carboxylic acids is 3. The van der Waals surface area contributed by atoms with Crippen molar-refractivity contribution in [3.8, 4) is 5.75 Å². The summed E-state index contributed by atoms with van der Waals surface area (Å²) in [7, 11) is 1.57. The van der Waals surface area contributed by atoms with E-state index in [0.29, 0.717) is 38.5 Å². The molecule has 1 fully saturated rings. The Kier molecular flexibility index (Phi) is 7.18. The van der Waals surface area contributed by atoms with Crippen LogP contribution in [0.3, 0.4) is 0 Å². The lowest BCUT2D eigenvalue weighted by Crippen LogP contribution is -2.44. The standard InChI is InChI=1S/C24H22FN3O4S2/c1-14-10-20(27-22(29)15-4-3-5-16(25)11-15)34-21(14)24(31)28-13-33-12-19(28)23(30)26-17-6-8-18(32-2)9-7-17/h3-11,19H,12-13H2,1-2H3,(H,26,30)(H,27,29). The number of hydrogen-bond acceptors (Lipinski definition) is 6. The Morgan fingerprint density at radius 2 is 1.85 bits per heavy atom. The highest BCUT2D eigenvalue weighted by molar-refractivity contribution is 7.99. The van der Waals surface area contributed by atoms with Crippen molar-refractivity contribution in [1.82, 2.24) is 4.90 Å². The van der Waals surface area contributed by atoms with E-state index >= 15 is 0 Å². The molecule has 1 aliphatic heterocycles. The van der Waals surface area contributed by atoms with Gasteiger partial charge >= 0.3 is 0 Å². The van der Waals surface area contributed by atoms with Gasteiger partial charge in [0.2, 0.25) is 5.91 Å². The van der Waals surface area contributed by atoms with Crippen molar-refractivity contribution >= 4 is 51.5 Å². The van der Waals surface area contributed by atoms with E-state index in [2.05, 4.69) is 10.6 Å². The molecule has 10 heteroatoms. The lowest BCUT2D eigenvalue weighted by molar-refractivity contribution is -0.119. The van der Waals surface area contributed by atoms with Crippen molar-refractivity contribution in [3.63, 3.8) is 0 Å². The molecule has 34 heavy (non-hydrogen) atoms. The number of amides is 3. The maximum atomic E-state index is 13.4. The Balaban J connectivity index is 1.45. The predicted molar refractivity (Wildman–Crippen MR) is 132 cm³/mol. The van der Waals surface area contributed by atoms with E-state index in [1.54, 1.807) is 49.3 Å². The Bertz CT molecular complexity index is 1230. The third-order valence-electron chi connectivity index (χ3n) is 5.24. The monoisotopic (exact) mass is 499 g/mol. The first kappa shape index (κ1) is 23.8. The zero-order chi connectivity index (χ0) is 24.2. The molecule has 176 valence electrons. The molecule has 0 radical (unpaired) electrons. The van der Waals surface area contributed by atoms with Crippen LogP contribution in [0.5, 0.6) is 5.75 Å². The molecule has 4 rings (SSSR count). The number of thioether (sulfide) groups is 1. The molecule has 2 heterocycles. The minimum absolute atomic E-state index is 0.185. The largest absolute Gasteiger partial charge is 0.497 e. The molecular weight excluding hydrogens is 477 g/mol. The number of benzene rings is 2. The van der Waals surface area contributed by atoms with E-state index in [1.807, 2.05) is 0 Å². The van der Waals surface area contributed by atoms with Gasteiger partial charge < -0.3 is 20.3 Å². The number of anilines is 2. The zero-order valence-electron chi connectivity index (χ0n) is 18.5. The topological polar surface area (TPSA) is 87.7 Å². The van der Waals surface area contributed by atoms with Crippen LogP contribution in [-0.2, 0) is 4.79 Å². The van der Waals surface area contributed by atoms with Crippen LogP contribution in [-0.4, -0.2) is 47.4 Å². The molecule has 0 spiro atoms. The maximum absolute atomic E-state index is 13.4. The molecule has 3 aromatic rings. The van der Waals surface area contributed by atoms with E-state index in [0.717, 1.165) is 17.4 Å². The molecule has 0 bridgehead atoms. The molecule has 7 nitrogen and oxygen atoms in total. The Labute approximate surface area is 204 Å². The van der Waals surface area contributed by atoms with Crippen molar-refractivity contribution in [2.45, 2.75) is 13.0 Å². The summed E-state index contributed by atoms with van der Waals surface area (Å²) in [6.07, 6.45) is 0. The van der Waals surface area contributed by atoms with Crippen molar-refractivity contribution in [1.29, 1.82) is 0 Å². The summed E-state index contributed by atoms with van der Waals surface area (Å²) < 4.78 is 18.5. The highest BCUT2D eigenvalue weighted by Crippen LogP contribution is 2.32. The summed E-state index contributed by atoms with van der Waals surface area (Å²) >= 11 is 2.64. The van der Waals surface area contributed by atoms with Gasteiger partial charge in [-0.1, -0.05) is 6.07 Å². The summed E-state index contributed by atoms with van der Waals surface area (Å²) in [4.78, 5) is 40.6. The zero-order valence-corrected chi connectivity index (χ0v) is 20.1. The number of carbonyl (C=O) groups is 3. The molecule has 1 unspecified atom stereocenters. The SMILES string of the molecule is COc1ccc(NC(=O)C2CSCN2C(=O)c2sc(NC(=O)c3cccc(F)c3)cc2C)cc1. The molecule has 1 saturated heterocycles. The van der Waals surface area contributed by atoms with Gasteiger partial charge in [0.05, 0.1) is 22.9 Å². The number of ether oxygens (including phenoxy) is 1. The third-order valence-corrected chi connectivity index (χ3v) is 7.39. The van der Waals surface area contributed by atoms with Gasteiger partial charge in [0.25, 0.3) is 11.8 Å². The second kappa shape index (κ2) is 10.3. The van der Waals surface area contributed by atoms with E-state index < -0.39 is 17.8 Å². The highest BCUT2D eigenvalue weighted by Gasteiger charge is 2.36. The molecule has 3 amide bonds. The first-order chi connectivity index (χ1) is 16.4. The number of hydrogen-bond donors (Lipinski definition) is 2. The lowest BCUT2D eigenvalue weighted by Gasteiger charge is -2.23. The fourth-order valence-corrected chi connectivity index (χ4v) is 5.64. The molecule has 2 N–H and O–H groups in total. The maximum Gasteiger partial charge on any atom is 0.265 e. The number of thiophene rings is 1. The van der Waals surface area contributed by atoms with Crippen LogP contribution in [0.1, 0.15) is 25.6 Å². The molecule has 1 atom stereocenters. The van der Waals surface area contributed by atoms with Crippen LogP contribution in [0, 0.1) is 12.7 Å². The van der Waals surface area contributed by atoms with Gasteiger partial charge in [0, 0.05) is 17.0 Å². The predicted octanol–water partition coefficient (Wildman–Crippen LogP) is 4.61. The fraction of sp³-hybridized carbons (Fsp3) is 0.208. The Morgan fingerprint density at radius 1 is 1.09 bits per heavy atom. The van der Waals surface area contributed by atoms with Crippen LogP contribution in [0.4, 0.5) is 15.1 Å². The minimum atomic E-state index is -0.619. The van der Waals surface area contributed by atoms with E-state index in [4.69, 9.17) is 4.74 Å². The molecule has 0 saturated carbocycles. The van der Waals surface area contributed by atoms with Crippen LogP contribution in [0.15, 0.2) is 54.6 Å². The van der Waals surface area contributed by atoms with Gasteiger partial charge in [-0.15, -0.1) is 23.1 Å². The average Bonchev–Trinajstić information content (AvgIpc) is 3.46. The number of rotatable bonds is 6. The molecule has 1 aliphatic rings. The number of nitrogens with zero attached hydrogens (tertiary/aromatic N) is 1. The normalized spacial score (nSPS) is 15.1. The van der Waals surface area contributed by atoms with Gasteiger partial charge in [-0.05, 0) is 61.0 Å². The van der Waals surface area contributed by atoms with E-state index in [1.165, 1.54) is 30.0 Å². The smallest absolute Gasteiger partial charge is 0.265 e. The van der Waals surface area contributed by atoms with Gasteiger partial charge in [0.1, 0.15) is 17.6 Å². The quantitative estimate of drug-likeness (QED) is 0.517. The van der Waals surface area contributed by atoms with Crippen molar-refractivity contribution in [2.75, 3.05) is 29.4 Å². The highest BCUT2D eigenvalue weighted by atomic mass is 32.2.